The Labute approximate surface area is 87.7 Å². The fourth-order valence-corrected chi connectivity index (χ4v) is 0.964. The number of carbonyl (C=O) groups excluding carboxylic acids is 1. The average Bonchev–Trinajstić information content (AvgIpc) is 2.64. The molecule has 82 valence electrons. The highest BCUT2D eigenvalue weighted by Gasteiger charge is 2.09. The van der Waals surface area contributed by atoms with E-state index in [2.05, 4.69) is 27.1 Å². The molecule has 1 aromatic heterocycles. The molecule has 0 atom stereocenters. The first-order chi connectivity index (χ1) is 7.24. The second-order valence-electron chi connectivity index (χ2n) is 2.89. The van der Waals surface area contributed by atoms with Crippen LogP contribution in [-0.2, 0) is 4.74 Å². The van der Waals surface area contributed by atoms with Crippen molar-refractivity contribution in [3.05, 3.63) is 24.5 Å². The smallest absolute Gasteiger partial charge is 0.290 e. The van der Waals surface area contributed by atoms with Gasteiger partial charge in [0.05, 0.1) is 12.9 Å². The summed E-state index contributed by atoms with van der Waals surface area (Å²) in [5.74, 6) is 0.505. The van der Waals surface area contributed by atoms with E-state index in [0.717, 1.165) is 6.42 Å². The number of aryl methyl sites for hydroxylation is 1. The minimum atomic E-state index is -0.280. The number of rotatable bonds is 6. The Morgan fingerprint density at radius 3 is 3.13 bits per heavy atom. The maximum absolute atomic E-state index is 11.4. The molecule has 0 aliphatic carbocycles. The minimum Gasteiger partial charge on any atom is -0.502 e. The summed E-state index contributed by atoms with van der Waals surface area (Å²) in [6.45, 7) is 6.21. The van der Waals surface area contributed by atoms with Crippen LogP contribution in [-0.4, -0.2) is 34.2 Å². The predicted molar refractivity (Wildman–Crippen MR) is 54.2 cm³/mol. The highest BCUT2D eigenvalue weighted by molar-refractivity contribution is 5.90. The van der Waals surface area contributed by atoms with E-state index < -0.39 is 0 Å². The van der Waals surface area contributed by atoms with Gasteiger partial charge in [0.2, 0.25) is 5.82 Å². The lowest BCUT2D eigenvalue weighted by Crippen LogP contribution is -2.26. The Balaban J connectivity index is 2.22. The predicted octanol–water partition coefficient (Wildman–Crippen LogP) is 0.393. The molecule has 2 N–H and O–H groups in total. The number of hydrogen-bond donors (Lipinski definition) is 2. The van der Waals surface area contributed by atoms with Crippen LogP contribution in [0.1, 0.15) is 22.9 Å². The Morgan fingerprint density at radius 2 is 2.53 bits per heavy atom. The molecule has 6 nitrogen and oxygen atoms in total. The second kappa shape index (κ2) is 5.79. The van der Waals surface area contributed by atoms with E-state index in [-0.39, 0.29) is 11.7 Å². The number of H-pyrrole nitrogens is 1. The quantitative estimate of drug-likeness (QED) is 0.526. The molecule has 1 amide bonds. The first-order valence-electron chi connectivity index (χ1n) is 4.63. The SMILES string of the molecule is C=COCCCNC(=O)c1n[nH]c(C)n1. The Morgan fingerprint density at radius 1 is 1.73 bits per heavy atom. The third-order valence-corrected chi connectivity index (χ3v) is 1.64. The molecule has 1 heterocycles. The number of aromatic nitrogens is 3. The average molecular weight is 210 g/mol. The minimum absolute atomic E-state index is 0.164. The monoisotopic (exact) mass is 210 g/mol. The molecule has 0 bridgehead atoms. The van der Waals surface area contributed by atoms with Gasteiger partial charge in [0.1, 0.15) is 5.82 Å². The molecule has 0 unspecified atom stereocenters. The number of aromatic amines is 1. The van der Waals surface area contributed by atoms with Gasteiger partial charge in [0.25, 0.3) is 5.91 Å². The normalized spacial score (nSPS) is 9.67. The highest BCUT2D eigenvalue weighted by Crippen LogP contribution is 1.90. The summed E-state index contributed by atoms with van der Waals surface area (Å²) in [5.41, 5.74) is 0. The fraction of sp³-hybridized carbons (Fsp3) is 0.444. The van der Waals surface area contributed by atoms with Crippen molar-refractivity contribution < 1.29 is 9.53 Å². The van der Waals surface area contributed by atoms with E-state index in [4.69, 9.17) is 4.74 Å². The second-order valence-corrected chi connectivity index (χ2v) is 2.89. The molecule has 1 rings (SSSR count). The van der Waals surface area contributed by atoms with Gasteiger partial charge in [0, 0.05) is 6.54 Å². The van der Waals surface area contributed by atoms with Gasteiger partial charge in [-0.15, -0.1) is 5.10 Å². The zero-order valence-corrected chi connectivity index (χ0v) is 8.62. The third-order valence-electron chi connectivity index (χ3n) is 1.64. The summed E-state index contributed by atoms with van der Waals surface area (Å²) < 4.78 is 4.90. The van der Waals surface area contributed by atoms with Crippen LogP contribution in [0.2, 0.25) is 0 Å². The molecule has 0 fully saturated rings. The molecule has 15 heavy (non-hydrogen) atoms. The van der Waals surface area contributed by atoms with Crippen molar-refractivity contribution in [2.75, 3.05) is 13.2 Å². The summed E-state index contributed by atoms with van der Waals surface area (Å²) in [6, 6.07) is 0. The number of nitrogens with zero attached hydrogens (tertiary/aromatic N) is 2. The molecular weight excluding hydrogens is 196 g/mol. The van der Waals surface area contributed by atoms with Crippen LogP contribution in [0.15, 0.2) is 12.8 Å². The molecule has 0 aliphatic rings. The van der Waals surface area contributed by atoms with E-state index >= 15 is 0 Å². The summed E-state index contributed by atoms with van der Waals surface area (Å²) >= 11 is 0. The van der Waals surface area contributed by atoms with Gasteiger partial charge in [-0.1, -0.05) is 6.58 Å². The summed E-state index contributed by atoms with van der Waals surface area (Å²) in [6.07, 6.45) is 2.10. The molecule has 1 aromatic rings. The van der Waals surface area contributed by atoms with Crippen LogP contribution >= 0.6 is 0 Å². The summed E-state index contributed by atoms with van der Waals surface area (Å²) in [4.78, 5) is 15.3. The lowest BCUT2D eigenvalue weighted by atomic mass is 10.4. The first kappa shape index (κ1) is 11.2. The van der Waals surface area contributed by atoms with Crippen LogP contribution in [0.5, 0.6) is 0 Å². The number of amides is 1. The van der Waals surface area contributed by atoms with Crippen LogP contribution in [0.25, 0.3) is 0 Å². The van der Waals surface area contributed by atoms with E-state index in [0.29, 0.717) is 19.0 Å². The largest absolute Gasteiger partial charge is 0.502 e. The Kier molecular flexibility index (Phi) is 4.33. The third kappa shape index (κ3) is 3.80. The van der Waals surface area contributed by atoms with Crippen molar-refractivity contribution in [3.8, 4) is 0 Å². The van der Waals surface area contributed by atoms with Crippen molar-refractivity contribution in [1.82, 2.24) is 20.5 Å². The van der Waals surface area contributed by atoms with Crippen LogP contribution in [0.3, 0.4) is 0 Å². The standard InChI is InChI=1S/C9H14N4O2/c1-3-15-6-4-5-10-9(14)8-11-7(2)12-13-8/h3H,1,4-6H2,2H3,(H,10,14)(H,11,12,13). The van der Waals surface area contributed by atoms with Gasteiger partial charge >= 0.3 is 0 Å². The van der Waals surface area contributed by atoms with E-state index in [1.807, 2.05) is 0 Å². The maximum atomic E-state index is 11.4. The summed E-state index contributed by atoms with van der Waals surface area (Å²) in [5, 5.41) is 9.01. The van der Waals surface area contributed by atoms with Crippen LogP contribution < -0.4 is 5.32 Å². The molecule has 6 heteroatoms. The van der Waals surface area contributed by atoms with Crippen molar-refractivity contribution in [3.63, 3.8) is 0 Å². The van der Waals surface area contributed by atoms with Gasteiger partial charge in [-0.2, -0.15) is 0 Å². The van der Waals surface area contributed by atoms with Crippen LogP contribution in [0.4, 0.5) is 0 Å². The zero-order chi connectivity index (χ0) is 11.1. The molecule has 0 radical (unpaired) electrons. The Bertz CT molecular complexity index is 335. The number of hydrogen-bond acceptors (Lipinski definition) is 4. The van der Waals surface area contributed by atoms with Gasteiger partial charge in [0.15, 0.2) is 0 Å². The topological polar surface area (TPSA) is 79.9 Å². The zero-order valence-electron chi connectivity index (χ0n) is 8.62. The molecule has 0 aliphatic heterocycles. The number of nitrogens with one attached hydrogen (secondary N) is 2. The van der Waals surface area contributed by atoms with Crippen molar-refractivity contribution in [2.24, 2.45) is 0 Å². The lowest BCUT2D eigenvalue weighted by molar-refractivity contribution is 0.0940. The molecule has 0 aromatic carbocycles. The molecule has 0 saturated heterocycles. The van der Waals surface area contributed by atoms with Crippen LogP contribution in [0, 0.1) is 6.92 Å². The molecule has 0 spiro atoms. The van der Waals surface area contributed by atoms with E-state index in [1.165, 1.54) is 6.26 Å². The highest BCUT2D eigenvalue weighted by atomic mass is 16.5. The number of ether oxygens (including phenoxy) is 1. The number of carbonyl (C=O) groups is 1. The fourth-order valence-electron chi connectivity index (χ4n) is 0.964. The van der Waals surface area contributed by atoms with Crippen molar-refractivity contribution in [1.29, 1.82) is 0 Å². The molecular formula is C9H14N4O2. The van der Waals surface area contributed by atoms with Crippen molar-refractivity contribution in [2.45, 2.75) is 13.3 Å². The maximum Gasteiger partial charge on any atom is 0.290 e. The lowest BCUT2D eigenvalue weighted by Gasteiger charge is -2.01. The van der Waals surface area contributed by atoms with Crippen molar-refractivity contribution >= 4 is 5.91 Å². The molecule has 0 saturated carbocycles. The first-order valence-corrected chi connectivity index (χ1v) is 4.63. The summed E-state index contributed by atoms with van der Waals surface area (Å²) in [7, 11) is 0. The van der Waals surface area contributed by atoms with E-state index in [9.17, 15) is 4.79 Å². The van der Waals surface area contributed by atoms with Gasteiger partial charge in [-0.3, -0.25) is 9.89 Å². The van der Waals surface area contributed by atoms with Gasteiger partial charge in [-0.25, -0.2) is 4.98 Å². The van der Waals surface area contributed by atoms with E-state index in [1.54, 1.807) is 6.92 Å². The van der Waals surface area contributed by atoms with Gasteiger partial charge < -0.3 is 10.1 Å². The van der Waals surface area contributed by atoms with Gasteiger partial charge in [-0.05, 0) is 13.3 Å². The Hall–Kier alpha value is -1.85.